The van der Waals surface area contributed by atoms with Gasteiger partial charge in [0.2, 0.25) is 0 Å². The van der Waals surface area contributed by atoms with Gasteiger partial charge in [0, 0.05) is 29.3 Å². The predicted octanol–water partition coefficient (Wildman–Crippen LogP) is 4.00. The van der Waals surface area contributed by atoms with Gasteiger partial charge in [-0.05, 0) is 51.1 Å². The van der Waals surface area contributed by atoms with Crippen LogP contribution in [0.3, 0.4) is 0 Å². The van der Waals surface area contributed by atoms with Gasteiger partial charge in [-0.15, -0.1) is 11.3 Å². The minimum absolute atomic E-state index is 0.0969. The molecule has 0 saturated carbocycles. The van der Waals surface area contributed by atoms with Gasteiger partial charge in [-0.2, -0.15) is 0 Å². The number of amidine groups is 1. The molecule has 106 valence electrons. The molecule has 2 aromatic rings. The molecule has 7 heteroatoms. The maximum atomic E-state index is 8.90. The number of nitrogens with zero attached hydrogens (tertiary/aromatic N) is 2. The second-order valence-electron chi connectivity index (χ2n) is 4.26. The predicted molar refractivity (Wildman–Crippen MR) is 90.8 cm³/mol. The van der Waals surface area contributed by atoms with Crippen LogP contribution in [0.15, 0.2) is 43.1 Å². The van der Waals surface area contributed by atoms with E-state index in [1.54, 1.807) is 11.3 Å². The number of nitrogens with two attached hydrogens (primary N) is 1. The Bertz CT molecular complexity index is 642. The van der Waals surface area contributed by atoms with Gasteiger partial charge in [0.05, 0.1) is 3.79 Å². The van der Waals surface area contributed by atoms with Crippen LogP contribution in [0, 0.1) is 0 Å². The Morgan fingerprint density at radius 1 is 1.40 bits per heavy atom. The zero-order valence-corrected chi connectivity index (χ0v) is 14.7. The first-order valence-electron chi connectivity index (χ1n) is 5.72. The summed E-state index contributed by atoms with van der Waals surface area (Å²) in [6.07, 6.45) is 0. The van der Waals surface area contributed by atoms with Gasteiger partial charge in [-0.1, -0.05) is 21.1 Å². The summed E-state index contributed by atoms with van der Waals surface area (Å²) in [5, 5.41) is 14.1. The van der Waals surface area contributed by atoms with Crippen LogP contribution >= 0.6 is 43.2 Å². The van der Waals surface area contributed by atoms with E-state index in [0.29, 0.717) is 5.56 Å². The van der Waals surface area contributed by atoms with Crippen molar-refractivity contribution < 1.29 is 5.21 Å². The van der Waals surface area contributed by atoms with Crippen molar-refractivity contribution in [3.63, 3.8) is 0 Å². The highest BCUT2D eigenvalue weighted by molar-refractivity contribution is 9.11. The van der Waals surface area contributed by atoms with E-state index < -0.39 is 0 Å². The molecule has 0 aliphatic rings. The Balaban J connectivity index is 2.31. The zero-order valence-electron chi connectivity index (χ0n) is 10.7. The maximum Gasteiger partial charge on any atom is 0.172 e. The first kappa shape index (κ1) is 15.3. The van der Waals surface area contributed by atoms with Crippen LogP contribution in [0.1, 0.15) is 11.1 Å². The lowest BCUT2D eigenvalue weighted by atomic mass is 10.1. The third-order valence-corrected chi connectivity index (χ3v) is 4.84. The molecule has 1 aromatic heterocycles. The fourth-order valence-corrected chi connectivity index (χ4v) is 3.45. The van der Waals surface area contributed by atoms with Crippen LogP contribution in [0.5, 0.6) is 0 Å². The highest BCUT2D eigenvalue weighted by Crippen LogP contribution is 2.27. The number of anilines is 1. The van der Waals surface area contributed by atoms with Crippen LogP contribution in [-0.4, -0.2) is 18.1 Å². The Hall–Kier alpha value is -1.05. The van der Waals surface area contributed by atoms with Crippen LogP contribution in [0.25, 0.3) is 0 Å². The fraction of sp³-hybridized carbons (Fsp3) is 0.154. The summed E-state index contributed by atoms with van der Waals surface area (Å²) in [6.45, 7) is 0.745. The van der Waals surface area contributed by atoms with Crippen molar-refractivity contribution in [2.75, 3.05) is 11.9 Å². The molecule has 0 fully saturated rings. The van der Waals surface area contributed by atoms with Crippen LogP contribution in [0.4, 0.5) is 5.69 Å². The summed E-state index contributed by atoms with van der Waals surface area (Å²) in [5.41, 5.74) is 8.55. The van der Waals surface area contributed by atoms with Crippen molar-refractivity contribution in [2.24, 2.45) is 10.9 Å². The van der Waals surface area contributed by atoms with Gasteiger partial charge in [0.15, 0.2) is 5.84 Å². The summed E-state index contributed by atoms with van der Waals surface area (Å²) in [4.78, 5) is 2.06. The molecule has 2 rings (SSSR count). The average Bonchev–Trinajstić information content (AvgIpc) is 2.82. The molecular formula is C13H13Br2N3OS. The number of oxime groups is 1. The molecule has 0 radical (unpaired) electrons. The normalized spacial score (nSPS) is 11.7. The van der Waals surface area contributed by atoms with Gasteiger partial charge in [0.1, 0.15) is 0 Å². The van der Waals surface area contributed by atoms with Crippen molar-refractivity contribution in [3.05, 3.63) is 49.0 Å². The van der Waals surface area contributed by atoms with E-state index in [-0.39, 0.29) is 5.84 Å². The second-order valence-corrected chi connectivity index (χ2v) is 7.47. The standard InChI is InChI=1S/C13H13Br2N3OS/c1-18(6-8-4-12(15)20-7-8)11-3-2-9(14)5-10(11)13(16)17-19/h2-5,7,19H,6H2,1H3,(H2,16,17). The number of rotatable bonds is 4. The van der Waals surface area contributed by atoms with E-state index >= 15 is 0 Å². The first-order chi connectivity index (χ1) is 9.51. The molecule has 0 atom stereocenters. The number of benzene rings is 1. The molecule has 0 unspecified atom stereocenters. The molecule has 0 aliphatic carbocycles. The van der Waals surface area contributed by atoms with E-state index in [2.05, 4.69) is 53.4 Å². The molecule has 1 heterocycles. The van der Waals surface area contributed by atoms with Crippen molar-refractivity contribution in [3.8, 4) is 0 Å². The van der Waals surface area contributed by atoms with Crippen LogP contribution < -0.4 is 10.6 Å². The molecule has 20 heavy (non-hydrogen) atoms. The second kappa shape index (κ2) is 6.60. The Labute approximate surface area is 138 Å². The largest absolute Gasteiger partial charge is 0.409 e. The van der Waals surface area contributed by atoms with Crippen molar-refractivity contribution >= 4 is 54.7 Å². The smallest absolute Gasteiger partial charge is 0.172 e. The lowest BCUT2D eigenvalue weighted by Gasteiger charge is -2.22. The van der Waals surface area contributed by atoms with Crippen molar-refractivity contribution in [2.45, 2.75) is 6.54 Å². The molecule has 0 saturated heterocycles. The van der Waals surface area contributed by atoms with Crippen LogP contribution in [0.2, 0.25) is 0 Å². The third kappa shape index (κ3) is 3.53. The minimum Gasteiger partial charge on any atom is -0.409 e. The maximum absolute atomic E-state index is 8.90. The lowest BCUT2D eigenvalue weighted by Crippen LogP contribution is -2.22. The van der Waals surface area contributed by atoms with E-state index in [1.807, 2.05) is 25.2 Å². The van der Waals surface area contributed by atoms with Gasteiger partial charge in [-0.25, -0.2) is 0 Å². The Morgan fingerprint density at radius 3 is 2.75 bits per heavy atom. The molecule has 4 nitrogen and oxygen atoms in total. The summed E-state index contributed by atoms with van der Waals surface area (Å²) in [6, 6.07) is 7.80. The van der Waals surface area contributed by atoms with E-state index in [1.165, 1.54) is 5.56 Å². The highest BCUT2D eigenvalue weighted by atomic mass is 79.9. The summed E-state index contributed by atoms with van der Waals surface area (Å²) < 4.78 is 1.99. The zero-order chi connectivity index (χ0) is 14.7. The number of hydrogen-bond acceptors (Lipinski definition) is 4. The minimum atomic E-state index is 0.0969. The average molecular weight is 419 g/mol. The van der Waals surface area contributed by atoms with Crippen molar-refractivity contribution in [1.82, 2.24) is 0 Å². The van der Waals surface area contributed by atoms with Gasteiger partial charge >= 0.3 is 0 Å². The van der Waals surface area contributed by atoms with E-state index in [9.17, 15) is 0 Å². The molecule has 0 amide bonds. The summed E-state index contributed by atoms with van der Waals surface area (Å²) in [7, 11) is 1.98. The van der Waals surface area contributed by atoms with Gasteiger partial charge in [-0.3, -0.25) is 0 Å². The quantitative estimate of drug-likeness (QED) is 0.341. The number of thiophene rings is 1. The summed E-state index contributed by atoms with van der Waals surface area (Å²) >= 11 is 8.51. The highest BCUT2D eigenvalue weighted by Gasteiger charge is 2.12. The molecule has 0 bridgehead atoms. The number of hydrogen-bond donors (Lipinski definition) is 2. The SMILES string of the molecule is CN(Cc1csc(Br)c1)c1ccc(Br)cc1/C(N)=N/O. The molecule has 1 aromatic carbocycles. The third-order valence-electron chi connectivity index (χ3n) is 2.80. The Morgan fingerprint density at radius 2 is 2.15 bits per heavy atom. The molecular weight excluding hydrogens is 406 g/mol. The topological polar surface area (TPSA) is 61.8 Å². The summed E-state index contributed by atoms with van der Waals surface area (Å²) in [5.74, 6) is 0.0969. The molecule has 0 aliphatic heterocycles. The molecule has 0 spiro atoms. The van der Waals surface area contributed by atoms with E-state index in [4.69, 9.17) is 10.9 Å². The van der Waals surface area contributed by atoms with Crippen molar-refractivity contribution in [1.29, 1.82) is 0 Å². The number of halogens is 2. The van der Waals surface area contributed by atoms with Gasteiger partial charge in [0.25, 0.3) is 0 Å². The Kier molecular flexibility index (Phi) is 5.06. The van der Waals surface area contributed by atoms with E-state index in [0.717, 1.165) is 20.5 Å². The first-order valence-corrected chi connectivity index (χ1v) is 8.19. The molecule has 3 N–H and O–H groups in total. The fourth-order valence-electron chi connectivity index (χ4n) is 1.89. The van der Waals surface area contributed by atoms with Crippen LogP contribution in [-0.2, 0) is 6.54 Å². The lowest BCUT2D eigenvalue weighted by molar-refractivity contribution is 0.318. The monoisotopic (exact) mass is 417 g/mol. The van der Waals surface area contributed by atoms with Gasteiger partial charge < -0.3 is 15.8 Å².